The van der Waals surface area contributed by atoms with Gasteiger partial charge in [-0.15, -0.1) is 0 Å². The van der Waals surface area contributed by atoms with Crippen molar-refractivity contribution in [3.63, 3.8) is 0 Å². The van der Waals surface area contributed by atoms with Crippen LogP contribution in [0.2, 0.25) is 0 Å². The van der Waals surface area contributed by atoms with Crippen LogP contribution in [0.4, 0.5) is 0 Å². The highest BCUT2D eigenvalue weighted by atomic mass is 16.5. The molecule has 0 bridgehead atoms. The Morgan fingerprint density at radius 2 is 2.23 bits per heavy atom. The van der Waals surface area contributed by atoms with Crippen molar-refractivity contribution in [1.82, 2.24) is 15.0 Å². The van der Waals surface area contributed by atoms with Gasteiger partial charge >= 0.3 is 5.97 Å². The quantitative estimate of drug-likeness (QED) is 0.788. The van der Waals surface area contributed by atoms with Crippen LogP contribution in [-0.4, -0.2) is 45.1 Å². The maximum atomic E-state index is 12.0. The predicted molar refractivity (Wildman–Crippen MR) is 74.8 cm³/mol. The van der Waals surface area contributed by atoms with Crippen LogP contribution in [0.5, 0.6) is 0 Å². The molecule has 0 atom stereocenters. The minimum atomic E-state index is -1.03. The number of carbonyl (C=O) groups excluding carboxylic acids is 1. The molecule has 8 heteroatoms. The van der Waals surface area contributed by atoms with Gasteiger partial charge in [-0.25, -0.2) is 0 Å². The Kier molecular flexibility index (Phi) is 5.29. The second kappa shape index (κ2) is 7.39. The number of nitrogens with zero attached hydrogens (tertiary/aromatic N) is 3. The SMILES string of the molecule is CCCN(CC(=O)O)C(=O)CCc1nc(-c2ccoc2)no1. The number of carbonyl (C=O) groups is 2. The van der Waals surface area contributed by atoms with Gasteiger partial charge in [-0.1, -0.05) is 12.1 Å². The first-order valence-corrected chi connectivity index (χ1v) is 6.95. The molecule has 1 N–H and O–H groups in total. The van der Waals surface area contributed by atoms with Crippen LogP contribution in [-0.2, 0) is 16.0 Å². The van der Waals surface area contributed by atoms with Crippen LogP contribution in [0.25, 0.3) is 11.4 Å². The summed E-state index contributed by atoms with van der Waals surface area (Å²) in [4.78, 5) is 28.3. The average molecular weight is 307 g/mol. The van der Waals surface area contributed by atoms with Gasteiger partial charge in [0.05, 0.1) is 11.8 Å². The van der Waals surface area contributed by atoms with Gasteiger partial charge < -0.3 is 18.9 Å². The fourth-order valence-corrected chi connectivity index (χ4v) is 1.96. The molecule has 0 saturated carbocycles. The molecule has 2 heterocycles. The van der Waals surface area contributed by atoms with Crippen LogP contribution in [0, 0.1) is 0 Å². The van der Waals surface area contributed by atoms with E-state index in [0.717, 1.165) is 0 Å². The van der Waals surface area contributed by atoms with E-state index in [1.807, 2.05) is 6.92 Å². The van der Waals surface area contributed by atoms with Gasteiger partial charge in [0.15, 0.2) is 0 Å². The number of aromatic nitrogens is 2. The molecule has 0 saturated heterocycles. The zero-order chi connectivity index (χ0) is 15.9. The number of carboxylic acids is 1. The van der Waals surface area contributed by atoms with Crippen molar-refractivity contribution >= 4 is 11.9 Å². The third-order valence-corrected chi connectivity index (χ3v) is 2.97. The van der Waals surface area contributed by atoms with Crippen molar-refractivity contribution < 1.29 is 23.6 Å². The van der Waals surface area contributed by atoms with E-state index in [4.69, 9.17) is 14.0 Å². The molecule has 1 amide bonds. The van der Waals surface area contributed by atoms with Crippen molar-refractivity contribution in [2.24, 2.45) is 0 Å². The number of furan rings is 1. The Labute approximate surface area is 126 Å². The highest BCUT2D eigenvalue weighted by Gasteiger charge is 2.17. The monoisotopic (exact) mass is 307 g/mol. The second-order valence-corrected chi connectivity index (χ2v) is 4.73. The summed E-state index contributed by atoms with van der Waals surface area (Å²) in [5.41, 5.74) is 0.694. The van der Waals surface area contributed by atoms with E-state index in [1.165, 1.54) is 17.4 Å². The maximum absolute atomic E-state index is 12.0. The normalized spacial score (nSPS) is 10.6. The third-order valence-electron chi connectivity index (χ3n) is 2.97. The van der Waals surface area contributed by atoms with Crippen molar-refractivity contribution in [3.8, 4) is 11.4 Å². The van der Waals surface area contributed by atoms with Gasteiger partial charge in [-0.3, -0.25) is 9.59 Å². The van der Waals surface area contributed by atoms with E-state index in [1.54, 1.807) is 6.07 Å². The van der Waals surface area contributed by atoms with Gasteiger partial charge in [0.1, 0.15) is 12.8 Å². The van der Waals surface area contributed by atoms with E-state index < -0.39 is 5.97 Å². The number of aliphatic carboxylic acids is 1. The summed E-state index contributed by atoms with van der Waals surface area (Å²) < 4.78 is 10.0. The standard InChI is InChI=1S/C14H17N3O5/c1-2-6-17(8-13(19)20)12(18)4-3-11-15-14(16-22-11)10-5-7-21-9-10/h5,7,9H,2-4,6,8H2,1H3,(H,19,20). The lowest BCUT2D eigenvalue weighted by Gasteiger charge is -2.19. The number of rotatable bonds is 8. The fourth-order valence-electron chi connectivity index (χ4n) is 1.96. The van der Waals surface area contributed by atoms with Crippen LogP contribution in [0.1, 0.15) is 25.7 Å². The number of aryl methyl sites for hydroxylation is 1. The molecule has 2 aromatic rings. The topological polar surface area (TPSA) is 110 Å². The molecule has 0 aliphatic rings. The minimum absolute atomic E-state index is 0.125. The average Bonchev–Trinajstić information content (AvgIpc) is 3.14. The van der Waals surface area contributed by atoms with Crippen molar-refractivity contribution in [2.45, 2.75) is 26.2 Å². The summed E-state index contributed by atoms with van der Waals surface area (Å²) in [5, 5.41) is 12.6. The summed E-state index contributed by atoms with van der Waals surface area (Å²) in [6.07, 6.45) is 4.09. The molecule has 0 aromatic carbocycles. The Hall–Kier alpha value is -2.64. The maximum Gasteiger partial charge on any atom is 0.323 e. The summed E-state index contributed by atoms with van der Waals surface area (Å²) >= 11 is 0. The highest BCUT2D eigenvalue weighted by Crippen LogP contribution is 2.16. The van der Waals surface area contributed by atoms with Crippen molar-refractivity contribution in [2.75, 3.05) is 13.1 Å². The molecule has 0 aliphatic heterocycles. The zero-order valence-electron chi connectivity index (χ0n) is 12.2. The number of carboxylic acid groups (broad SMARTS) is 1. The zero-order valence-corrected chi connectivity index (χ0v) is 12.2. The Bertz CT molecular complexity index is 620. The molecular formula is C14H17N3O5. The molecule has 0 radical (unpaired) electrons. The first-order valence-electron chi connectivity index (χ1n) is 6.95. The fraction of sp³-hybridized carbons (Fsp3) is 0.429. The number of amides is 1. The molecule has 8 nitrogen and oxygen atoms in total. The second-order valence-electron chi connectivity index (χ2n) is 4.73. The van der Waals surface area contributed by atoms with Crippen molar-refractivity contribution in [3.05, 3.63) is 24.5 Å². The van der Waals surface area contributed by atoms with E-state index >= 15 is 0 Å². The predicted octanol–water partition coefficient (Wildman–Crippen LogP) is 1.59. The van der Waals surface area contributed by atoms with Gasteiger partial charge in [0.2, 0.25) is 17.6 Å². The first kappa shape index (κ1) is 15.7. The van der Waals surface area contributed by atoms with Crippen LogP contribution in [0.3, 0.4) is 0 Å². The molecular weight excluding hydrogens is 290 g/mol. The molecule has 2 rings (SSSR count). The van der Waals surface area contributed by atoms with E-state index in [-0.39, 0.29) is 25.3 Å². The van der Waals surface area contributed by atoms with E-state index in [9.17, 15) is 9.59 Å². The molecule has 0 unspecified atom stereocenters. The molecule has 0 aliphatic carbocycles. The summed E-state index contributed by atoms with van der Waals surface area (Å²) in [6, 6.07) is 1.70. The van der Waals surface area contributed by atoms with Crippen LogP contribution in [0.15, 0.2) is 27.5 Å². The van der Waals surface area contributed by atoms with E-state index in [2.05, 4.69) is 10.1 Å². The molecule has 0 spiro atoms. The minimum Gasteiger partial charge on any atom is -0.480 e. The Morgan fingerprint density at radius 1 is 1.41 bits per heavy atom. The Morgan fingerprint density at radius 3 is 2.86 bits per heavy atom. The lowest BCUT2D eigenvalue weighted by atomic mass is 10.2. The van der Waals surface area contributed by atoms with Gasteiger partial charge in [-0.2, -0.15) is 4.98 Å². The molecule has 22 heavy (non-hydrogen) atoms. The Balaban J connectivity index is 1.91. The lowest BCUT2D eigenvalue weighted by Crippen LogP contribution is -2.36. The lowest BCUT2D eigenvalue weighted by molar-refractivity contribution is -0.144. The van der Waals surface area contributed by atoms with E-state index in [0.29, 0.717) is 30.2 Å². The molecule has 0 fully saturated rings. The van der Waals surface area contributed by atoms with Crippen LogP contribution >= 0.6 is 0 Å². The molecule has 2 aromatic heterocycles. The smallest absolute Gasteiger partial charge is 0.323 e. The summed E-state index contributed by atoms with van der Waals surface area (Å²) in [7, 11) is 0. The van der Waals surface area contributed by atoms with Gasteiger partial charge in [0.25, 0.3) is 0 Å². The highest BCUT2D eigenvalue weighted by molar-refractivity contribution is 5.81. The van der Waals surface area contributed by atoms with Gasteiger partial charge in [0, 0.05) is 19.4 Å². The molecule has 118 valence electrons. The third kappa shape index (κ3) is 4.18. The summed E-state index contributed by atoms with van der Waals surface area (Å²) in [5.74, 6) is -0.544. The van der Waals surface area contributed by atoms with Gasteiger partial charge in [-0.05, 0) is 12.5 Å². The largest absolute Gasteiger partial charge is 0.480 e. The van der Waals surface area contributed by atoms with Crippen LogP contribution < -0.4 is 0 Å². The first-order chi connectivity index (χ1) is 10.6. The summed E-state index contributed by atoms with van der Waals surface area (Å²) in [6.45, 7) is 2.00. The number of hydrogen-bond acceptors (Lipinski definition) is 6. The number of hydrogen-bond donors (Lipinski definition) is 1. The van der Waals surface area contributed by atoms with Crippen molar-refractivity contribution in [1.29, 1.82) is 0 Å².